The summed E-state index contributed by atoms with van der Waals surface area (Å²) in [7, 11) is -3.16. The zero-order chi connectivity index (χ0) is 20.6. The van der Waals surface area contributed by atoms with Crippen LogP contribution < -0.4 is 10.6 Å². The molecule has 0 spiro atoms. The van der Waals surface area contributed by atoms with Crippen LogP contribution in [-0.2, 0) is 16.6 Å². The van der Waals surface area contributed by atoms with Crippen molar-refractivity contribution in [2.75, 3.05) is 25.4 Å². The van der Waals surface area contributed by atoms with Gasteiger partial charge in [-0.05, 0) is 38.3 Å². The van der Waals surface area contributed by atoms with Crippen LogP contribution in [0.5, 0.6) is 0 Å². The summed E-state index contributed by atoms with van der Waals surface area (Å²) in [5.41, 5.74) is 0.691. The number of nitrogens with zero attached hydrogens (tertiary/aromatic N) is 3. The number of halogens is 2. The smallest absolute Gasteiger partial charge is 0.214 e. The Morgan fingerprint density at radius 2 is 2.03 bits per heavy atom. The van der Waals surface area contributed by atoms with E-state index < -0.39 is 15.8 Å². The van der Waals surface area contributed by atoms with Crippen LogP contribution in [0.25, 0.3) is 0 Å². The number of guanidine groups is 1. The summed E-state index contributed by atoms with van der Waals surface area (Å²) in [6.07, 6.45) is 2.00. The zero-order valence-corrected chi connectivity index (χ0v) is 20.0. The summed E-state index contributed by atoms with van der Waals surface area (Å²) in [6, 6.07) is 6.36. The molecular formula is C19H29FIN5O2S. The van der Waals surface area contributed by atoms with Gasteiger partial charge in [-0.2, -0.15) is 5.26 Å². The van der Waals surface area contributed by atoms with Crippen LogP contribution in [0.2, 0.25) is 0 Å². The Labute approximate surface area is 189 Å². The van der Waals surface area contributed by atoms with Gasteiger partial charge in [0.2, 0.25) is 10.0 Å². The molecule has 0 saturated carbocycles. The number of piperidine rings is 1. The van der Waals surface area contributed by atoms with E-state index in [2.05, 4.69) is 15.6 Å². The summed E-state index contributed by atoms with van der Waals surface area (Å²) in [5.74, 6) is 0.306. The van der Waals surface area contributed by atoms with E-state index in [0.717, 1.165) is 0 Å². The lowest BCUT2D eigenvalue weighted by Crippen LogP contribution is -2.50. The van der Waals surface area contributed by atoms with Gasteiger partial charge in [0.25, 0.3) is 0 Å². The quantitative estimate of drug-likeness (QED) is 0.317. The van der Waals surface area contributed by atoms with Crippen molar-refractivity contribution in [3.05, 3.63) is 35.1 Å². The fraction of sp³-hybridized carbons (Fsp3) is 0.579. The maximum atomic E-state index is 14.0. The highest BCUT2D eigenvalue weighted by molar-refractivity contribution is 14.0. The molecule has 1 aliphatic heterocycles. The molecule has 1 fully saturated rings. The molecule has 0 unspecified atom stereocenters. The molecular weight excluding hydrogens is 508 g/mol. The summed E-state index contributed by atoms with van der Waals surface area (Å²) in [4.78, 5) is 4.43. The van der Waals surface area contributed by atoms with Crippen molar-refractivity contribution >= 4 is 40.0 Å². The molecule has 10 heteroatoms. The van der Waals surface area contributed by atoms with Crippen LogP contribution >= 0.6 is 24.0 Å². The fourth-order valence-electron chi connectivity index (χ4n) is 3.09. The van der Waals surface area contributed by atoms with Gasteiger partial charge in [0, 0.05) is 31.2 Å². The van der Waals surface area contributed by atoms with Crippen LogP contribution in [0.15, 0.2) is 23.2 Å². The maximum Gasteiger partial charge on any atom is 0.214 e. The monoisotopic (exact) mass is 537 g/mol. The summed E-state index contributed by atoms with van der Waals surface area (Å²) < 4.78 is 39.9. The van der Waals surface area contributed by atoms with Crippen molar-refractivity contribution in [1.29, 1.82) is 5.26 Å². The van der Waals surface area contributed by atoms with Gasteiger partial charge in [0.15, 0.2) is 5.96 Å². The molecule has 0 aromatic heterocycles. The molecule has 2 rings (SSSR count). The van der Waals surface area contributed by atoms with Crippen LogP contribution in [0.1, 0.15) is 44.2 Å². The number of sulfonamides is 1. The Morgan fingerprint density at radius 1 is 1.34 bits per heavy atom. The van der Waals surface area contributed by atoms with Crippen molar-refractivity contribution in [3.63, 3.8) is 0 Å². The van der Waals surface area contributed by atoms with Crippen molar-refractivity contribution in [2.45, 2.75) is 45.7 Å². The van der Waals surface area contributed by atoms with Gasteiger partial charge >= 0.3 is 0 Å². The van der Waals surface area contributed by atoms with Crippen LogP contribution in [0.4, 0.5) is 4.39 Å². The lowest BCUT2D eigenvalue weighted by Gasteiger charge is -2.32. The fourth-order valence-corrected chi connectivity index (χ4v) is 4.63. The first-order chi connectivity index (χ1) is 13.4. The third-order valence-corrected chi connectivity index (χ3v) is 6.66. The first-order valence-corrected chi connectivity index (χ1v) is 11.2. The largest absolute Gasteiger partial charge is 0.357 e. The van der Waals surface area contributed by atoms with E-state index in [4.69, 9.17) is 5.26 Å². The second kappa shape index (κ2) is 12.3. The molecule has 0 bridgehead atoms. The Kier molecular flexibility index (Phi) is 10.8. The Balaban J connectivity index is 0.00000420. The summed E-state index contributed by atoms with van der Waals surface area (Å²) in [6.45, 7) is 5.59. The zero-order valence-electron chi connectivity index (χ0n) is 16.8. The number of benzene rings is 1. The molecule has 0 radical (unpaired) electrons. The van der Waals surface area contributed by atoms with Gasteiger partial charge in [0.1, 0.15) is 5.82 Å². The Bertz CT molecular complexity index is 833. The number of nitrogens with one attached hydrogen (secondary N) is 2. The molecule has 2 N–H and O–H groups in total. The van der Waals surface area contributed by atoms with Crippen LogP contribution in [0.3, 0.4) is 0 Å². The number of hydrogen-bond donors (Lipinski definition) is 2. The number of hydrogen-bond acceptors (Lipinski definition) is 4. The van der Waals surface area contributed by atoms with E-state index in [1.807, 2.05) is 19.9 Å². The van der Waals surface area contributed by atoms with Gasteiger partial charge in [0.05, 0.1) is 23.9 Å². The topological polar surface area (TPSA) is 97.6 Å². The average molecular weight is 537 g/mol. The first-order valence-electron chi connectivity index (χ1n) is 9.60. The molecule has 0 amide bonds. The minimum absolute atomic E-state index is 0. The highest BCUT2D eigenvalue weighted by Crippen LogP contribution is 2.15. The predicted molar refractivity (Wildman–Crippen MR) is 123 cm³/mol. The van der Waals surface area contributed by atoms with Gasteiger partial charge in [-0.25, -0.2) is 22.1 Å². The number of nitriles is 1. The van der Waals surface area contributed by atoms with Gasteiger partial charge in [-0.3, -0.25) is 0 Å². The second-order valence-corrected chi connectivity index (χ2v) is 8.84. The van der Waals surface area contributed by atoms with E-state index in [1.165, 1.54) is 6.07 Å². The standard InChI is InChI=1S/C19H28FN5O2S.HI/c1-3-11-28(26,27)25-9-7-17(8-10-25)24-19(22-4-2)23-14-16-6-5-15(13-21)12-18(16)20;/h5-6,12,17H,3-4,7-11,14H2,1-2H3,(H2,22,23,24);1H. The molecule has 1 heterocycles. The summed E-state index contributed by atoms with van der Waals surface area (Å²) >= 11 is 0. The van der Waals surface area contributed by atoms with Gasteiger partial charge < -0.3 is 10.6 Å². The SMILES string of the molecule is CCCS(=O)(=O)N1CCC(NC(=NCc2ccc(C#N)cc2F)NCC)CC1.I. The normalized spacial score (nSPS) is 16.0. The lowest BCUT2D eigenvalue weighted by atomic mass is 10.1. The van der Waals surface area contributed by atoms with Crippen LogP contribution in [0, 0.1) is 17.1 Å². The van der Waals surface area contributed by atoms with Gasteiger partial charge in [-0.1, -0.05) is 13.0 Å². The molecule has 1 aliphatic rings. The molecule has 1 saturated heterocycles. The third kappa shape index (κ3) is 7.71. The highest BCUT2D eigenvalue weighted by Gasteiger charge is 2.27. The molecule has 1 aromatic carbocycles. The highest BCUT2D eigenvalue weighted by atomic mass is 127. The second-order valence-electron chi connectivity index (χ2n) is 6.75. The molecule has 7 nitrogen and oxygen atoms in total. The molecule has 0 atom stereocenters. The maximum absolute atomic E-state index is 14.0. The molecule has 162 valence electrons. The number of rotatable bonds is 7. The Morgan fingerprint density at radius 3 is 2.59 bits per heavy atom. The van der Waals surface area contributed by atoms with E-state index >= 15 is 0 Å². The van der Waals surface area contributed by atoms with Crippen molar-refractivity contribution in [2.24, 2.45) is 4.99 Å². The van der Waals surface area contributed by atoms with E-state index in [9.17, 15) is 12.8 Å². The van der Waals surface area contributed by atoms with Crippen molar-refractivity contribution in [1.82, 2.24) is 14.9 Å². The van der Waals surface area contributed by atoms with Crippen LogP contribution in [-0.4, -0.2) is 50.1 Å². The van der Waals surface area contributed by atoms with E-state index in [0.29, 0.717) is 50.4 Å². The average Bonchev–Trinajstić information content (AvgIpc) is 2.67. The summed E-state index contributed by atoms with van der Waals surface area (Å²) in [5, 5.41) is 15.3. The van der Waals surface area contributed by atoms with E-state index in [-0.39, 0.29) is 47.9 Å². The molecule has 0 aliphatic carbocycles. The first kappa shape index (κ1) is 25.6. The Hall–Kier alpha value is -1.45. The van der Waals surface area contributed by atoms with E-state index in [1.54, 1.807) is 16.4 Å². The lowest BCUT2D eigenvalue weighted by molar-refractivity contribution is 0.306. The minimum Gasteiger partial charge on any atom is -0.357 e. The molecule has 29 heavy (non-hydrogen) atoms. The third-order valence-electron chi connectivity index (χ3n) is 4.58. The minimum atomic E-state index is -3.16. The predicted octanol–water partition coefficient (Wildman–Crippen LogP) is 2.57. The van der Waals surface area contributed by atoms with Crippen molar-refractivity contribution in [3.8, 4) is 6.07 Å². The van der Waals surface area contributed by atoms with Crippen molar-refractivity contribution < 1.29 is 12.8 Å². The molecule has 1 aromatic rings. The number of aliphatic imine (C=N–C) groups is 1. The van der Waals surface area contributed by atoms with Gasteiger partial charge in [-0.15, -0.1) is 24.0 Å².